The topological polar surface area (TPSA) is 384 Å². The second-order valence-electron chi connectivity index (χ2n) is 25.2. The number of rotatable bonds is 31. The zero-order valence-electron chi connectivity index (χ0n) is 55.7. The molecule has 0 spiro atoms. The fourth-order valence-electron chi connectivity index (χ4n) is 9.95. The van der Waals surface area contributed by atoms with Crippen LogP contribution in [0, 0.1) is 27.7 Å². The zero-order valence-corrected chi connectivity index (χ0v) is 55.7. The van der Waals surface area contributed by atoms with Crippen LogP contribution in [0.15, 0.2) is 115 Å². The molecule has 94 heavy (non-hydrogen) atoms. The lowest BCUT2D eigenvalue weighted by atomic mass is 9.95. The van der Waals surface area contributed by atoms with Crippen molar-refractivity contribution < 1.29 is 67.6 Å². The molecule has 0 saturated carbocycles. The van der Waals surface area contributed by atoms with Crippen molar-refractivity contribution in [3.8, 4) is 11.5 Å². The van der Waals surface area contributed by atoms with Crippen LogP contribution in [0.25, 0.3) is 0 Å². The Morgan fingerprint density at radius 3 is 1.14 bits per heavy atom. The second kappa shape index (κ2) is 37.7. The summed E-state index contributed by atoms with van der Waals surface area (Å²) in [6.45, 7) is 18.3. The van der Waals surface area contributed by atoms with Gasteiger partial charge < -0.3 is 78.8 Å². The van der Waals surface area contributed by atoms with E-state index in [1.807, 2.05) is 68.4 Å². The Kier molecular flexibility index (Phi) is 30.8. The van der Waals surface area contributed by atoms with E-state index in [0.717, 1.165) is 33.4 Å². The number of carbonyl (C=O) groups is 9. The molecule has 24 heteroatoms. The van der Waals surface area contributed by atoms with Crippen LogP contribution in [-0.4, -0.2) is 124 Å². The van der Waals surface area contributed by atoms with Crippen molar-refractivity contribution in [1.29, 1.82) is 0 Å². The number of phenols is 2. The Labute approximate surface area is 551 Å². The van der Waals surface area contributed by atoms with Crippen LogP contribution < -0.4 is 54.4 Å². The van der Waals surface area contributed by atoms with Crippen LogP contribution >= 0.6 is 0 Å². The predicted octanol–water partition coefficient (Wildman–Crippen LogP) is 6.51. The lowest BCUT2D eigenvalue weighted by Gasteiger charge is -2.25. The minimum Gasteiger partial charge on any atom is -0.508 e. The van der Waals surface area contributed by atoms with Crippen LogP contribution in [0.1, 0.15) is 130 Å². The molecule has 510 valence electrons. The molecule has 5 aromatic rings. The third-order valence-electron chi connectivity index (χ3n) is 14.7. The van der Waals surface area contributed by atoms with Gasteiger partial charge in [0.05, 0.1) is 6.04 Å². The van der Waals surface area contributed by atoms with Crippen LogP contribution in [0.5, 0.6) is 11.5 Å². The SMILES string of the molecule is Cc1cc(O)cc(C)c1C[C@@H](N)C(=O)N[C@@H](CCCCNC(=O)OC(C)(C)C)C(=O)N[C@@H](Cc1ccccc1)C(N)=O.Cc1cc(O)cc(C)c1C[C@@H](NC(=O)OCc1ccccc1)C(=O)N[C@@H](CCCCNC(=O)OC(C)(C)C)C(=O)N[C@@H](Cc1ccccc1)C(N)=O. The molecule has 0 unspecified atom stereocenters. The van der Waals surface area contributed by atoms with Crippen LogP contribution in [0.3, 0.4) is 0 Å². The molecule has 0 saturated heterocycles. The number of hydrogen-bond acceptors (Lipinski definition) is 15. The molecule has 0 heterocycles. The molecule has 5 rings (SSSR count). The summed E-state index contributed by atoms with van der Waals surface area (Å²) in [6.07, 6.45) is 0.787. The molecule has 0 aromatic heterocycles. The summed E-state index contributed by atoms with van der Waals surface area (Å²) < 4.78 is 15.9. The Morgan fingerprint density at radius 1 is 0.426 bits per heavy atom. The highest BCUT2D eigenvalue weighted by Gasteiger charge is 2.32. The number of primary amides is 2. The molecule has 5 aromatic carbocycles. The van der Waals surface area contributed by atoms with Crippen LogP contribution in [0.4, 0.5) is 14.4 Å². The fraction of sp³-hybridized carbons (Fsp3) is 0.443. The largest absolute Gasteiger partial charge is 0.508 e. The number of aromatic hydroxyl groups is 2. The van der Waals surface area contributed by atoms with Crippen molar-refractivity contribution in [3.63, 3.8) is 0 Å². The summed E-state index contributed by atoms with van der Waals surface area (Å²) in [5.74, 6) is -3.67. The third-order valence-corrected chi connectivity index (χ3v) is 14.7. The minimum atomic E-state index is -1.19. The number of ether oxygens (including phenoxy) is 3. The van der Waals surface area contributed by atoms with E-state index in [-0.39, 0.29) is 63.2 Å². The second-order valence-corrected chi connectivity index (χ2v) is 25.2. The van der Waals surface area contributed by atoms with Gasteiger partial charge in [-0.1, -0.05) is 91.0 Å². The van der Waals surface area contributed by atoms with Gasteiger partial charge in [-0.25, -0.2) is 14.4 Å². The average molecular weight is 1300 g/mol. The van der Waals surface area contributed by atoms with Gasteiger partial charge >= 0.3 is 18.3 Å². The van der Waals surface area contributed by atoms with Gasteiger partial charge in [-0.2, -0.15) is 0 Å². The molecule has 0 bridgehead atoms. The number of alkyl carbamates (subject to hydrolysis) is 3. The first-order valence-corrected chi connectivity index (χ1v) is 31.4. The molecule has 15 N–H and O–H groups in total. The summed E-state index contributed by atoms with van der Waals surface area (Å²) in [6, 6.07) is 27.2. The Hall–Kier alpha value is -9.71. The molecule has 9 amide bonds. The smallest absolute Gasteiger partial charge is 0.408 e. The van der Waals surface area contributed by atoms with E-state index in [4.69, 9.17) is 31.4 Å². The van der Waals surface area contributed by atoms with E-state index in [1.165, 1.54) is 0 Å². The number of nitrogens with two attached hydrogens (primary N) is 3. The van der Waals surface area contributed by atoms with E-state index in [2.05, 4.69) is 37.2 Å². The van der Waals surface area contributed by atoms with Gasteiger partial charge in [0.2, 0.25) is 35.4 Å². The van der Waals surface area contributed by atoms with E-state index < -0.39 is 101 Å². The van der Waals surface area contributed by atoms with E-state index in [1.54, 1.807) is 116 Å². The summed E-state index contributed by atoms with van der Waals surface area (Å²) in [5.41, 5.74) is 23.1. The van der Waals surface area contributed by atoms with Gasteiger partial charge in [-0.3, -0.25) is 28.8 Å². The minimum absolute atomic E-state index is 0.0241. The highest BCUT2D eigenvalue weighted by atomic mass is 16.6. The summed E-state index contributed by atoms with van der Waals surface area (Å²) in [5, 5.41) is 38.8. The van der Waals surface area contributed by atoms with E-state index in [0.29, 0.717) is 48.9 Å². The zero-order chi connectivity index (χ0) is 69.7. The molecule has 0 aliphatic rings. The van der Waals surface area contributed by atoms with Gasteiger partial charge in [-0.15, -0.1) is 0 Å². The lowest BCUT2D eigenvalue weighted by molar-refractivity contribution is -0.132. The Morgan fingerprint density at radius 2 is 0.766 bits per heavy atom. The summed E-state index contributed by atoms with van der Waals surface area (Å²) in [4.78, 5) is 116. The molecule has 0 fully saturated rings. The Bertz CT molecular complexity index is 3270. The molecular formula is C70H96N10O14. The van der Waals surface area contributed by atoms with Gasteiger partial charge in [0.25, 0.3) is 0 Å². The third kappa shape index (κ3) is 28.8. The van der Waals surface area contributed by atoms with E-state index in [9.17, 15) is 53.4 Å². The molecule has 0 radical (unpaired) electrons. The number of benzene rings is 5. The maximum absolute atomic E-state index is 14.0. The van der Waals surface area contributed by atoms with Gasteiger partial charge in [0.15, 0.2) is 0 Å². The highest BCUT2D eigenvalue weighted by molar-refractivity contribution is 5.94. The first-order chi connectivity index (χ1) is 44.3. The molecule has 0 aliphatic heterocycles. The van der Waals surface area contributed by atoms with Crippen molar-refractivity contribution in [2.24, 2.45) is 17.2 Å². The monoisotopic (exact) mass is 1300 g/mol. The first kappa shape index (κ1) is 76.7. The molecule has 0 aliphatic carbocycles. The maximum Gasteiger partial charge on any atom is 0.408 e. The normalized spacial score (nSPS) is 13.1. The lowest BCUT2D eigenvalue weighted by Crippen LogP contribution is -2.57. The van der Waals surface area contributed by atoms with Gasteiger partial charge in [0.1, 0.15) is 59.5 Å². The first-order valence-electron chi connectivity index (χ1n) is 31.4. The number of phenolic OH excluding ortho intramolecular Hbond substituents is 2. The van der Waals surface area contributed by atoms with Crippen molar-refractivity contribution >= 4 is 53.7 Å². The maximum atomic E-state index is 14.0. The fourth-order valence-corrected chi connectivity index (χ4v) is 9.95. The van der Waals surface area contributed by atoms with Gasteiger partial charge in [-0.05, 0) is 189 Å². The number of unbranched alkanes of at least 4 members (excludes halogenated alkanes) is 2. The summed E-state index contributed by atoms with van der Waals surface area (Å²) >= 11 is 0. The standard InChI is InChI=1S/C39H51N5O8.C31H45N5O6/c1-25-20-29(45)21-26(2)30(25)23-33(44-38(50)51-24-28-16-10-7-11-17-28)36(48)42-31(18-12-13-19-41-37(49)52-39(3,4)5)35(47)43-32(34(40)46)22-27-14-8-6-9-15-27;1-19-15-22(37)16-20(2)23(19)18-24(32)28(39)35-25(13-9-10-14-34-30(41)42-31(3,4)5)29(40)36-26(27(33)38)17-21-11-7-6-8-12-21/h6-11,14-17,20-21,31-33,45H,12-13,18-19,22-24H2,1-5H3,(H2,40,46)(H,41,49)(H,42,48)(H,43,47)(H,44,50);6-8,11-12,15-16,24-26,37H,9-10,13-14,17-18,32H2,1-5H3,(H2,33,38)(H,34,41)(H,35,39)(H,36,40)/t31-,32-,33+;24-,25+,26+/m01/s1. The van der Waals surface area contributed by atoms with Crippen molar-refractivity contribution in [3.05, 3.63) is 165 Å². The average Bonchev–Trinajstić information content (AvgIpc) is 0.889. The number of carbonyl (C=O) groups excluding carboxylic acids is 9. The van der Waals surface area contributed by atoms with Crippen molar-refractivity contribution in [1.82, 2.24) is 37.2 Å². The highest BCUT2D eigenvalue weighted by Crippen LogP contribution is 2.24. The van der Waals surface area contributed by atoms with Crippen LogP contribution in [-0.2, 0) is 75.3 Å². The van der Waals surface area contributed by atoms with E-state index >= 15 is 0 Å². The predicted molar refractivity (Wildman–Crippen MR) is 357 cm³/mol. The number of aryl methyl sites for hydroxylation is 4. The van der Waals surface area contributed by atoms with Gasteiger partial charge in [0, 0.05) is 32.4 Å². The number of amides is 9. The number of nitrogens with one attached hydrogen (secondary N) is 7. The molecule has 6 atom stereocenters. The number of hydrogen-bond donors (Lipinski definition) is 12. The molecule has 24 nitrogen and oxygen atoms in total. The van der Waals surface area contributed by atoms with Crippen molar-refractivity contribution in [2.75, 3.05) is 13.1 Å². The quantitative estimate of drug-likeness (QED) is 0.0166. The summed E-state index contributed by atoms with van der Waals surface area (Å²) in [7, 11) is 0. The molecular weight excluding hydrogens is 1200 g/mol. The Balaban J connectivity index is 0.000000410. The van der Waals surface area contributed by atoms with Crippen molar-refractivity contribution in [2.45, 2.75) is 188 Å². The van der Waals surface area contributed by atoms with Crippen LogP contribution in [0.2, 0.25) is 0 Å².